The van der Waals surface area contributed by atoms with Gasteiger partial charge in [-0.05, 0) is 276 Å². The fourth-order valence-electron chi connectivity index (χ4n) is 21.6. The van der Waals surface area contributed by atoms with Gasteiger partial charge in [0.05, 0.1) is 60.9 Å². The Hall–Kier alpha value is -16.8. The van der Waals surface area contributed by atoms with Crippen molar-refractivity contribution >= 4 is 210 Å². The fourth-order valence-corrected chi connectivity index (χ4v) is 23.6. The van der Waals surface area contributed by atoms with Crippen molar-refractivity contribution in [1.29, 1.82) is 0 Å². The van der Waals surface area contributed by atoms with Gasteiger partial charge in [-0.1, -0.05) is 456 Å². The van der Waals surface area contributed by atoms with Gasteiger partial charge in [0.2, 0.25) is 0 Å². The minimum atomic E-state index is 1.09. The lowest BCUT2D eigenvalue weighted by molar-refractivity contribution is 1.18. The predicted molar refractivity (Wildman–Crippen MR) is 655 cm³/mol. The molecule has 0 spiro atoms. The van der Waals surface area contributed by atoms with E-state index in [-0.39, 0.29) is 0 Å². The quantitative estimate of drug-likeness (QED) is 0.116. The monoisotopic (exact) mass is 2240 g/mol. The molecule has 0 bridgehead atoms. The normalized spacial score (nSPS) is 11.4. The summed E-state index contributed by atoms with van der Waals surface area (Å²) in [4.78, 5) is 0. The molecule has 29 rings (SSSR count). The van der Waals surface area contributed by atoms with Crippen LogP contribution in [0.5, 0.6) is 0 Å². The van der Waals surface area contributed by atoms with Crippen LogP contribution in [0.25, 0.3) is 237 Å². The SMILES string of the molecule is Brc1cccc(-c2ccc3c4cc(-c5ccccc5)ccc4n(-c4ccccc4)c3c2)c1.Brc1cccc(-c2ccc3c4ccccc4n(-c4ccc(-c5ccccc5)cc4)c3c2)c1.Brc1cccc(-c2ccc3c4ccccc4n(-c4ccc5ccccc5c4)c3c2)c1.Brc1cccc(-c2ccc3c4ccccc4n(-c4cccc5ccccc45)c3c2)c1.Brc1cccc(-c2ccc3c4ccccc4n(-c4ccccc4)c3c2)c1. The number of benzene rings is 24. The molecular weight excluding hydrogens is 2150 g/mol. The van der Waals surface area contributed by atoms with E-state index >= 15 is 0 Å². The Morgan fingerprint density at radius 3 is 0.727 bits per heavy atom. The maximum Gasteiger partial charge on any atom is 0.0547 e. The van der Waals surface area contributed by atoms with Crippen molar-refractivity contribution < 1.29 is 0 Å². The summed E-state index contributed by atoms with van der Waals surface area (Å²) in [5.74, 6) is 0. The second-order valence-corrected chi connectivity index (χ2v) is 42.2. The van der Waals surface area contributed by atoms with Gasteiger partial charge in [0.25, 0.3) is 0 Å². The zero-order chi connectivity index (χ0) is 101. The smallest absolute Gasteiger partial charge is 0.0547 e. The molecule has 10 heteroatoms. The van der Waals surface area contributed by atoms with Crippen LogP contribution in [0.4, 0.5) is 0 Å². The van der Waals surface area contributed by atoms with Crippen LogP contribution in [0.3, 0.4) is 0 Å². The van der Waals surface area contributed by atoms with Crippen molar-refractivity contribution in [2.45, 2.75) is 0 Å². The van der Waals surface area contributed by atoms with Gasteiger partial charge in [0, 0.05) is 104 Å². The lowest BCUT2D eigenvalue weighted by atomic mass is 10.0. The average molecular weight is 2240 g/mol. The first-order valence-corrected chi connectivity index (χ1v) is 54.2. The van der Waals surface area contributed by atoms with E-state index in [1.807, 2.05) is 0 Å². The predicted octanol–water partition coefficient (Wildman–Crippen LogP) is 41.7. The third-order valence-corrected chi connectivity index (χ3v) is 31.1. The van der Waals surface area contributed by atoms with Crippen molar-refractivity contribution in [2.24, 2.45) is 0 Å². The van der Waals surface area contributed by atoms with Gasteiger partial charge in [-0.15, -0.1) is 0 Å². The Morgan fingerprint density at radius 1 is 0.107 bits per heavy atom. The summed E-state index contributed by atoms with van der Waals surface area (Å²) in [5, 5.41) is 17.8. The van der Waals surface area contributed by atoms with Crippen molar-refractivity contribution in [3.05, 3.63) is 580 Å². The highest BCUT2D eigenvalue weighted by Gasteiger charge is 2.23. The highest BCUT2D eigenvalue weighted by atomic mass is 79.9. The van der Waals surface area contributed by atoms with Gasteiger partial charge in [0.15, 0.2) is 0 Å². The van der Waals surface area contributed by atoms with Crippen LogP contribution < -0.4 is 0 Å². The van der Waals surface area contributed by atoms with Crippen molar-refractivity contribution in [1.82, 2.24) is 22.8 Å². The van der Waals surface area contributed by atoms with Gasteiger partial charge < -0.3 is 22.8 Å². The standard InChI is InChI=1S/2C30H20BrN.2C28H18BrN.C24H16BrN/c31-25-11-7-10-22(18-25)24-14-16-27-28-19-23(21-8-3-1-4-9-21)15-17-29(28)32(30(27)20-24)26-12-5-2-6-13-26;31-25-10-6-9-23(19-25)24-15-18-28-27-11-4-5-12-29(27)32(30(28)20-24)26-16-13-22(14-17-26)21-7-2-1-3-8-21;29-22-10-5-9-20(17-22)21-15-16-25-24-12-3-4-13-27(24)30(28(25)18-21)26-14-6-8-19-7-1-2-11-23(19)26;29-23-9-5-8-20(16-23)22-13-15-26-25-10-3-4-11-27(25)30(28(26)18-22)24-14-12-19-6-1-2-7-21(19)17-24;25-19-8-6-7-17(15-19)18-13-14-22-21-11-4-5-12-23(21)26(24(22)16-18)20-9-2-1-3-10-20/h2*1-20H;2*1-18H;1-16H. The molecule has 0 radical (unpaired) electrons. The van der Waals surface area contributed by atoms with Crippen LogP contribution in [0.15, 0.2) is 580 Å². The fraction of sp³-hybridized carbons (Fsp3) is 0. The summed E-state index contributed by atoms with van der Waals surface area (Å²) in [6.07, 6.45) is 0. The zero-order valence-electron chi connectivity index (χ0n) is 81.2. The van der Waals surface area contributed by atoms with Gasteiger partial charge >= 0.3 is 0 Å². The summed E-state index contributed by atoms with van der Waals surface area (Å²) in [6.45, 7) is 0. The van der Waals surface area contributed by atoms with Crippen LogP contribution >= 0.6 is 79.6 Å². The molecule has 0 saturated heterocycles. The van der Waals surface area contributed by atoms with E-state index in [1.165, 1.54) is 237 Å². The minimum Gasteiger partial charge on any atom is -0.309 e. The summed E-state index contributed by atoms with van der Waals surface area (Å²) in [7, 11) is 0. The van der Waals surface area contributed by atoms with Crippen LogP contribution in [0.1, 0.15) is 0 Å². The lowest BCUT2D eigenvalue weighted by Gasteiger charge is -2.12. The Labute approximate surface area is 911 Å². The van der Waals surface area contributed by atoms with Crippen molar-refractivity contribution in [3.8, 4) is 106 Å². The van der Waals surface area contributed by atoms with E-state index in [0.717, 1.165) is 22.4 Å². The third kappa shape index (κ3) is 18.6. The van der Waals surface area contributed by atoms with Crippen LogP contribution in [-0.4, -0.2) is 22.8 Å². The molecule has 0 aliphatic carbocycles. The minimum absolute atomic E-state index is 1.09. The van der Waals surface area contributed by atoms with Crippen molar-refractivity contribution in [3.63, 3.8) is 0 Å². The maximum absolute atomic E-state index is 3.61. The third-order valence-electron chi connectivity index (χ3n) is 28.6. The number of para-hydroxylation sites is 6. The number of hydrogen-bond acceptors (Lipinski definition) is 0. The van der Waals surface area contributed by atoms with Crippen LogP contribution in [-0.2, 0) is 0 Å². The first-order valence-electron chi connectivity index (χ1n) is 50.2. The molecular formula is C140H92Br5N5. The molecule has 5 heterocycles. The number of halogens is 5. The van der Waals surface area contributed by atoms with Gasteiger partial charge in [-0.3, -0.25) is 0 Å². The second-order valence-electron chi connectivity index (χ2n) is 37.7. The largest absolute Gasteiger partial charge is 0.309 e. The maximum atomic E-state index is 3.61. The molecule has 0 aliphatic heterocycles. The number of rotatable bonds is 12. The molecule has 0 N–H and O–H groups in total. The summed E-state index contributed by atoms with van der Waals surface area (Å²) in [6, 6.07) is 199. The van der Waals surface area contributed by atoms with E-state index in [9.17, 15) is 0 Å². The van der Waals surface area contributed by atoms with E-state index < -0.39 is 0 Å². The van der Waals surface area contributed by atoms with E-state index in [4.69, 9.17) is 0 Å². The highest BCUT2D eigenvalue weighted by Crippen LogP contribution is 2.45. The Kier molecular flexibility index (Phi) is 26.1. The molecule has 5 aromatic heterocycles. The molecule has 0 unspecified atom stereocenters. The molecule has 5 nitrogen and oxygen atoms in total. The summed E-state index contributed by atoms with van der Waals surface area (Å²) < 4.78 is 17.4. The molecule has 712 valence electrons. The molecule has 150 heavy (non-hydrogen) atoms. The Balaban J connectivity index is 0.0000000972. The van der Waals surface area contributed by atoms with Crippen LogP contribution in [0.2, 0.25) is 0 Å². The van der Waals surface area contributed by atoms with Crippen LogP contribution in [0, 0.1) is 0 Å². The Bertz CT molecular complexity index is 10200. The second kappa shape index (κ2) is 41.5. The van der Waals surface area contributed by atoms with E-state index in [2.05, 4.69) is 661 Å². The highest BCUT2D eigenvalue weighted by molar-refractivity contribution is 9.11. The first kappa shape index (κ1) is 94.2. The van der Waals surface area contributed by atoms with E-state index in [0.29, 0.717) is 0 Å². The number of nitrogens with zero attached hydrogens (tertiary/aromatic N) is 5. The lowest BCUT2D eigenvalue weighted by Crippen LogP contribution is -1.95. The summed E-state index contributed by atoms with van der Waals surface area (Å²) in [5.41, 5.74) is 35.2. The summed E-state index contributed by atoms with van der Waals surface area (Å²) >= 11 is 18.0. The van der Waals surface area contributed by atoms with E-state index in [1.54, 1.807) is 0 Å². The average Bonchev–Trinajstić information content (AvgIpc) is 1.62. The molecule has 0 saturated carbocycles. The zero-order valence-corrected chi connectivity index (χ0v) is 89.2. The number of hydrogen-bond donors (Lipinski definition) is 0. The molecule has 0 amide bonds. The number of fused-ring (bicyclic) bond motifs is 17. The first-order chi connectivity index (χ1) is 73.9. The van der Waals surface area contributed by atoms with Crippen molar-refractivity contribution in [2.75, 3.05) is 0 Å². The number of aromatic nitrogens is 5. The Morgan fingerprint density at radius 2 is 0.340 bits per heavy atom. The molecule has 0 fully saturated rings. The molecule has 24 aromatic carbocycles. The van der Waals surface area contributed by atoms with Gasteiger partial charge in [0.1, 0.15) is 0 Å². The molecule has 0 atom stereocenters. The van der Waals surface area contributed by atoms with Gasteiger partial charge in [-0.2, -0.15) is 0 Å². The topological polar surface area (TPSA) is 24.6 Å². The molecule has 0 aliphatic rings. The molecule has 29 aromatic rings. The van der Waals surface area contributed by atoms with Gasteiger partial charge in [-0.25, -0.2) is 0 Å².